The first-order valence-corrected chi connectivity index (χ1v) is 6.62. The summed E-state index contributed by atoms with van der Waals surface area (Å²) in [6, 6.07) is 1.91. The van der Waals surface area contributed by atoms with E-state index >= 15 is 0 Å². The molecule has 0 spiro atoms. The highest BCUT2D eigenvalue weighted by Gasteiger charge is 2.26. The molecule has 1 aromatic rings. The van der Waals surface area contributed by atoms with Gasteiger partial charge in [0, 0.05) is 12.0 Å². The van der Waals surface area contributed by atoms with Gasteiger partial charge in [-0.05, 0) is 25.8 Å². The van der Waals surface area contributed by atoms with E-state index in [1.807, 2.05) is 0 Å². The van der Waals surface area contributed by atoms with Crippen LogP contribution in [0.3, 0.4) is 0 Å². The lowest BCUT2D eigenvalue weighted by Crippen LogP contribution is -2.25. The Kier molecular flexibility index (Phi) is 4.36. The van der Waals surface area contributed by atoms with Gasteiger partial charge >= 0.3 is 0 Å². The second-order valence-corrected chi connectivity index (χ2v) is 5.05. The SMILES string of the molecule is CC(C)NCCCOc1cc(=O)[nH]c(C2CC2)n1. The van der Waals surface area contributed by atoms with Crippen molar-refractivity contribution < 1.29 is 4.74 Å². The summed E-state index contributed by atoms with van der Waals surface area (Å²) in [5, 5.41) is 3.31. The Labute approximate surface area is 107 Å². The molecule has 2 rings (SSSR count). The highest BCUT2D eigenvalue weighted by molar-refractivity contribution is 5.14. The van der Waals surface area contributed by atoms with Gasteiger partial charge in [0.25, 0.3) is 5.56 Å². The molecule has 1 saturated carbocycles. The molecular formula is C13H21N3O2. The third-order valence-corrected chi connectivity index (χ3v) is 2.82. The average molecular weight is 251 g/mol. The summed E-state index contributed by atoms with van der Waals surface area (Å²) < 4.78 is 5.52. The fourth-order valence-electron chi connectivity index (χ4n) is 1.72. The van der Waals surface area contributed by atoms with Crippen LogP contribution < -0.4 is 15.6 Å². The zero-order valence-electron chi connectivity index (χ0n) is 11.0. The number of rotatable bonds is 7. The molecule has 0 bridgehead atoms. The number of hydrogen-bond donors (Lipinski definition) is 2. The molecule has 5 nitrogen and oxygen atoms in total. The first kappa shape index (κ1) is 13.1. The van der Waals surface area contributed by atoms with Crippen molar-refractivity contribution in [3.63, 3.8) is 0 Å². The normalized spacial score (nSPS) is 15.1. The van der Waals surface area contributed by atoms with Crippen LogP contribution in [0.1, 0.15) is 44.9 Å². The Balaban J connectivity index is 1.80. The van der Waals surface area contributed by atoms with Gasteiger partial charge in [-0.2, -0.15) is 4.98 Å². The molecule has 0 aromatic carbocycles. The summed E-state index contributed by atoms with van der Waals surface area (Å²) in [6.45, 7) is 5.72. The van der Waals surface area contributed by atoms with Gasteiger partial charge in [-0.3, -0.25) is 4.79 Å². The van der Waals surface area contributed by atoms with Crippen molar-refractivity contribution in [3.05, 3.63) is 22.2 Å². The minimum atomic E-state index is -0.123. The minimum Gasteiger partial charge on any atom is -0.477 e. The number of aromatic nitrogens is 2. The van der Waals surface area contributed by atoms with Crippen LogP contribution in [0.4, 0.5) is 0 Å². The summed E-state index contributed by atoms with van der Waals surface area (Å²) in [6.07, 6.45) is 3.14. The van der Waals surface area contributed by atoms with Gasteiger partial charge < -0.3 is 15.0 Å². The number of ether oxygens (including phenoxy) is 1. The highest BCUT2D eigenvalue weighted by Crippen LogP contribution is 2.37. The molecule has 1 heterocycles. The Morgan fingerprint density at radius 3 is 3.00 bits per heavy atom. The van der Waals surface area contributed by atoms with E-state index in [0.29, 0.717) is 24.4 Å². The van der Waals surface area contributed by atoms with Crippen molar-refractivity contribution >= 4 is 0 Å². The predicted molar refractivity (Wildman–Crippen MR) is 70.1 cm³/mol. The van der Waals surface area contributed by atoms with E-state index in [2.05, 4.69) is 29.1 Å². The Hall–Kier alpha value is -1.36. The van der Waals surface area contributed by atoms with E-state index in [-0.39, 0.29) is 5.56 Å². The molecule has 1 aliphatic carbocycles. The lowest BCUT2D eigenvalue weighted by atomic mass is 10.3. The summed E-state index contributed by atoms with van der Waals surface area (Å²) in [5.74, 6) is 1.66. The molecule has 0 saturated heterocycles. The first-order valence-electron chi connectivity index (χ1n) is 6.62. The number of aromatic amines is 1. The van der Waals surface area contributed by atoms with Crippen molar-refractivity contribution in [2.75, 3.05) is 13.2 Å². The minimum absolute atomic E-state index is 0.123. The fraction of sp³-hybridized carbons (Fsp3) is 0.692. The standard InChI is InChI=1S/C13H21N3O2/c1-9(2)14-6-3-7-18-12-8-11(17)15-13(16-12)10-4-5-10/h8-10,14H,3-7H2,1-2H3,(H,15,16,17). The van der Waals surface area contributed by atoms with Gasteiger partial charge in [-0.1, -0.05) is 13.8 Å². The molecule has 100 valence electrons. The first-order chi connectivity index (χ1) is 8.65. The molecule has 0 amide bonds. The average Bonchev–Trinajstić information content (AvgIpc) is 3.11. The van der Waals surface area contributed by atoms with E-state index in [1.165, 1.54) is 6.07 Å². The smallest absolute Gasteiger partial charge is 0.254 e. The zero-order chi connectivity index (χ0) is 13.0. The molecule has 1 aliphatic rings. The van der Waals surface area contributed by atoms with Crippen LogP contribution in [0.15, 0.2) is 10.9 Å². The van der Waals surface area contributed by atoms with Gasteiger partial charge in [0.05, 0.1) is 12.7 Å². The summed E-state index contributed by atoms with van der Waals surface area (Å²) in [7, 11) is 0. The van der Waals surface area contributed by atoms with Crippen molar-refractivity contribution in [1.82, 2.24) is 15.3 Å². The molecule has 1 aromatic heterocycles. The monoisotopic (exact) mass is 251 g/mol. The number of nitrogens with zero attached hydrogens (tertiary/aromatic N) is 1. The van der Waals surface area contributed by atoms with Crippen molar-refractivity contribution in [2.45, 2.75) is 45.1 Å². The number of nitrogens with one attached hydrogen (secondary N) is 2. The predicted octanol–water partition coefficient (Wildman–Crippen LogP) is 1.41. The van der Waals surface area contributed by atoms with E-state index in [9.17, 15) is 4.79 Å². The van der Waals surface area contributed by atoms with Crippen molar-refractivity contribution in [1.29, 1.82) is 0 Å². The van der Waals surface area contributed by atoms with E-state index in [1.54, 1.807) is 0 Å². The highest BCUT2D eigenvalue weighted by atomic mass is 16.5. The second-order valence-electron chi connectivity index (χ2n) is 5.05. The Morgan fingerprint density at radius 1 is 1.56 bits per heavy atom. The van der Waals surface area contributed by atoms with Crippen LogP contribution in [0.5, 0.6) is 5.88 Å². The lowest BCUT2D eigenvalue weighted by molar-refractivity contribution is 0.293. The van der Waals surface area contributed by atoms with Crippen LogP contribution in [-0.2, 0) is 0 Å². The van der Waals surface area contributed by atoms with Crippen LogP contribution >= 0.6 is 0 Å². The molecule has 0 radical (unpaired) electrons. The van der Waals surface area contributed by atoms with Gasteiger partial charge in [0.15, 0.2) is 0 Å². The molecular weight excluding hydrogens is 230 g/mol. The van der Waals surface area contributed by atoms with Crippen LogP contribution in [0, 0.1) is 0 Å². The molecule has 18 heavy (non-hydrogen) atoms. The molecule has 0 aliphatic heterocycles. The zero-order valence-corrected chi connectivity index (χ0v) is 11.0. The Bertz CT molecular complexity index is 438. The fourth-order valence-corrected chi connectivity index (χ4v) is 1.72. The van der Waals surface area contributed by atoms with Crippen molar-refractivity contribution in [3.8, 4) is 5.88 Å². The molecule has 2 N–H and O–H groups in total. The van der Waals surface area contributed by atoms with Gasteiger partial charge in [-0.25, -0.2) is 0 Å². The maximum Gasteiger partial charge on any atom is 0.254 e. The van der Waals surface area contributed by atoms with E-state index < -0.39 is 0 Å². The van der Waals surface area contributed by atoms with Gasteiger partial charge in [0.2, 0.25) is 5.88 Å². The summed E-state index contributed by atoms with van der Waals surface area (Å²) >= 11 is 0. The number of hydrogen-bond acceptors (Lipinski definition) is 4. The maximum atomic E-state index is 11.4. The van der Waals surface area contributed by atoms with Crippen LogP contribution in [0.2, 0.25) is 0 Å². The Morgan fingerprint density at radius 2 is 2.33 bits per heavy atom. The van der Waals surface area contributed by atoms with E-state index in [4.69, 9.17) is 4.74 Å². The molecule has 0 unspecified atom stereocenters. The van der Waals surface area contributed by atoms with Crippen LogP contribution in [-0.4, -0.2) is 29.2 Å². The molecule has 5 heteroatoms. The van der Waals surface area contributed by atoms with Crippen LogP contribution in [0.25, 0.3) is 0 Å². The maximum absolute atomic E-state index is 11.4. The topological polar surface area (TPSA) is 67.0 Å². The van der Waals surface area contributed by atoms with Gasteiger partial charge in [-0.15, -0.1) is 0 Å². The van der Waals surface area contributed by atoms with Crippen molar-refractivity contribution in [2.24, 2.45) is 0 Å². The molecule has 0 atom stereocenters. The lowest BCUT2D eigenvalue weighted by Gasteiger charge is -2.09. The third kappa shape index (κ3) is 4.14. The van der Waals surface area contributed by atoms with Gasteiger partial charge in [0.1, 0.15) is 5.82 Å². The van der Waals surface area contributed by atoms with E-state index in [0.717, 1.165) is 31.6 Å². The quantitative estimate of drug-likeness (QED) is 0.719. The summed E-state index contributed by atoms with van der Waals surface area (Å²) in [4.78, 5) is 18.5. The third-order valence-electron chi connectivity index (χ3n) is 2.82. The molecule has 1 fully saturated rings. The summed E-state index contributed by atoms with van der Waals surface area (Å²) in [5.41, 5.74) is -0.123. The second kappa shape index (κ2) is 6.00. The number of H-pyrrole nitrogens is 1. The largest absolute Gasteiger partial charge is 0.477 e.